The van der Waals surface area contributed by atoms with Gasteiger partial charge in [-0.25, -0.2) is 0 Å². The van der Waals surface area contributed by atoms with Gasteiger partial charge in [0.2, 0.25) is 6.29 Å². The minimum absolute atomic E-state index is 0.152. The molecule has 1 aromatic rings. The van der Waals surface area contributed by atoms with E-state index in [2.05, 4.69) is 0 Å². The average molecular weight is 452 g/mol. The SMILES string of the molecule is CC(=O)c1c(C=O)c(O[C@@H]2O[C@H](CO)[C@@H](O)[C@H](O)[C@H]2O)c(C(C)=O)c(C(C)=O)c1C(C)=O. The summed E-state index contributed by atoms with van der Waals surface area (Å²) in [6, 6.07) is 0. The number of ketones is 4. The van der Waals surface area contributed by atoms with Gasteiger partial charge in [-0.2, -0.15) is 0 Å². The van der Waals surface area contributed by atoms with E-state index in [1.54, 1.807) is 0 Å². The molecule has 32 heavy (non-hydrogen) atoms. The molecule has 5 atom stereocenters. The van der Waals surface area contributed by atoms with Gasteiger partial charge in [0.25, 0.3) is 0 Å². The number of carbonyl (C=O) groups excluding carboxylic acids is 5. The van der Waals surface area contributed by atoms with Crippen LogP contribution in [0.15, 0.2) is 0 Å². The van der Waals surface area contributed by atoms with E-state index in [9.17, 15) is 44.4 Å². The number of aldehydes is 1. The van der Waals surface area contributed by atoms with Gasteiger partial charge in [0, 0.05) is 16.7 Å². The zero-order valence-corrected chi connectivity index (χ0v) is 17.8. The van der Waals surface area contributed by atoms with E-state index < -0.39 is 94.0 Å². The fourth-order valence-electron chi connectivity index (χ4n) is 3.67. The zero-order chi connectivity index (χ0) is 24.5. The Morgan fingerprint density at radius 1 is 0.812 bits per heavy atom. The quantitative estimate of drug-likeness (QED) is 0.294. The summed E-state index contributed by atoms with van der Waals surface area (Å²) in [4.78, 5) is 61.6. The van der Waals surface area contributed by atoms with Crippen LogP contribution in [0.25, 0.3) is 0 Å². The van der Waals surface area contributed by atoms with Crippen LogP contribution in [0, 0.1) is 0 Å². The van der Waals surface area contributed by atoms with Crippen LogP contribution in [0.3, 0.4) is 0 Å². The van der Waals surface area contributed by atoms with Gasteiger partial charge in [-0.1, -0.05) is 0 Å². The van der Waals surface area contributed by atoms with Gasteiger partial charge in [-0.15, -0.1) is 0 Å². The lowest BCUT2D eigenvalue weighted by atomic mass is 9.84. The van der Waals surface area contributed by atoms with Crippen molar-refractivity contribution in [2.24, 2.45) is 0 Å². The molecule has 0 spiro atoms. The summed E-state index contributed by atoms with van der Waals surface area (Å²) in [5, 5.41) is 39.5. The van der Waals surface area contributed by atoms with E-state index in [0.717, 1.165) is 27.7 Å². The molecule has 1 heterocycles. The standard InChI is InChI=1S/C21H24O11/c1-7(24)13-11(5-22)20(16(10(4)27)15(9(3)26)14(13)8(2)25)32-21-19(30)18(29)17(28)12(6-23)31-21/h5,12,17-19,21,23,28-30H,6H2,1-4H3/t12-,17-,18+,19-,21+/m1/s1. The second-order valence-electron chi connectivity index (χ2n) is 7.40. The van der Waals surface area contributed by atoms with Gasteiger partial charge < -0.3 is 29.9 Å². The molecule has 0 aliphatic carbocycles. The molecule has 0 unspecified atom stereocenters. The summed E-state index contributed by atoms with van der Waals surface area (Å²) in [7, 11) is 0. The number of hydrogen-bond donors (Lipinski definition) is 4. The van der Waals surface area contributed by atoms with Crippen LogP contribution in [0.2, 0.25) is 0 Å². The maximum Gasteiger partial charge on any atom is 0.229 e. The maximum absolute atomic E-state index is 12.5. The molecule has 11 heteroatoms. The molecule has 1 aliphatic heterocycles. The fourth-order valence-corrected chi connectivity index (χ4v) is 3.67. The Hall–Kier alpha value is -2.83. The molecule has 1 aromatic carbocycles. The fraction of sp³-hybridized carbons (Fsp3) is 0.476. The molecule has 0 saturated carbocycles. The van der Waals surface area contributed by atoms with E-state index in [1.807, 2.05) is 0 Å². The molecule has 2 rings (SSSR count). The minimum atomic E-state index is -1.90. The second kappa shape index (κ2) is 9.76. The number of carbonyl (C=O) groups is 5. The Labute approximate surface area is 182 Å². The molecule has 0 aromatic heterocycles. The van der Waals surface area contributed by atoms with Crippen LogP contribution in [-0.2, 0) is 4.74 Å². The number of ether oxygens (including phenoxy) is 2. The highest BCUT2D eigenvalue weighted by molar-refractivity contribution is 6.22. The van der Waals surface area contributed by atoms with E-state index in [1.165, 1.54) is 0 Å². The number of Topliss-reactive ketones (excluding diaryl/α,β-unsaturated/α-hetero) is 4. The van der Waals surface area contributed by atoms with Gasteiger partial charge in [-0.05, 0) is 27.7 Å². The van der Waals surface area contributed by atoms with Gasteiger partial charge in [0.1, 0.15) is 30.2 Å². The first-order valence-corrected chi connectivity index (χ1v) is 9.58. The van der Waals surface area contributed by atoms with Crippen molar-refractivity contribution in [1.29, 1.82) is 0 Å². The smallest absolute Gasteiger partial charge is 0.229 e. The maximum atomic E-state index is 12.5. The van der Waals surface area contributed by atoms with E-state index in [4.69, 9.17) is 9.47 Å². The van der Waals surface area contributed by atoms with Crippen LogP contribution in [0.4, 0.5) is 0 Å². The highest BCUT2D eigenvalue weighted by Crippen LogP contribution is 2.37. The predicted molar refractivity (Wildman–Crippen MR) is 106 cm³/mol. The first-order valence-electron chi connectivity index (χ1n) is 9.58. The summed E-state index contributed by atoms with van der Waals surface area (Å²) in [5.41, 5.74) is -2.34. The third-order valence-electron chi connectivity index (χ3n) is 5.10. The number of aliphatic hydroxyl groups is 4. The van der Waals surface area contributed by atoms with Crippen LogP contribution in [0.1, 0.15) is 79.5 Å². The molecule has 11 nitrogen and oxygen atoms in total. The summed E-state index contributed by atoms with van der Waals surface area (Å²) >= 11 is 0. The van der Waals surface area contributed by atoms with E-state index >= 15 is 0 Å². The second-order valence-corrected chi connectivity index (χ2v) is 7.40. The van der Waals surface area contributed by atoms with Gasteiger partial charge >= 0.3 is 0 Å². The molecular formula is C21H24O11. The van der Waals surface area contributed by atoms with Gasteiger partial charge in [0.05, 0.1) is 17.7 Å². The Bertz CT molecular complexity index is 979. The monoisotopic (exact) mass is 452 g/mol. The Morgan fingerprint density at radius 3 is 1.69 bits per heavy atom. The molecule has 174 valence electrons. The number of hydrogen-bond acceptors (Lipinski definition) is 11. The summed E-state index contributed by atoms with van der Waals surface area (Å²) in [6.07, 6.45) is -8.46. The number of aliphatic hydroxyl groups excluding tert-OH is 4. The van der Waals surface area contributed by atoms with E-state index in [-0.39, 0.29) is 6.29 Å². The molecule has 1 fully saturated rings. The van der Waals surface area contributed by atoms with Crippen molar-refractivity contribution in [1.82, 2.24) is 0 Å². The van der Waals surface area contributed by atoms with Crippen molar-refractivity contribution in [3.05, 3.63) is 27.8 Å². The van der Waals surface area contributed by atoms with Crippen molar-refractivity contribution < 1.29 is 53.9 Å². The van der Waals surface area contributed by atoms with Gasteiger partial charge in [0.15, 0.2) is 29.4 Å². The lowest BCUT2D eigenvalue weighted by Gasteiger charge is -2.40. The largest absolute Gasteiger partial charge is 0.460 e. The van der Waals surface area contributed by atoms with Crippen LogP contribution < -0.4 is 4.74 Å². The highest BCUT2D eigenvalue weighted by Gasteiger charge is 2.46. The normalized spacial score (nSPS) is 25.2. The van der Waals surface area contributed by atoms with E-state index in [0.29, 0.717) is 0 Å². The molecule has 0 amide bonds. The third-order valence-corrected chi connectivity index (χ3v) is 5.10. The molecule has 4 N–H and O–H groups in total. The number of benzene rings is 1. The van der Waals surface area contributed by atoms with Crippen LogP contribution in [0.5, 0.6) is 5.75 Å². The first-order chi connectivity index (χ1) is 14.9. The van der Waals surface area contributed by atoms with Crippen LogP contribution in [-0.4, -0.2) is 87.2 Å². The number of rotatable bonds is 8. The van der Waals surface area contributed by atoms with Crippen LogP contribution >= 0.6 is 0 Å². The molecular weight excluding hydrogens is 428 g/mol. The Morgan fingerprint density at radius 2 is 1.28 bits per heavy atom. The predicted octanol–water partition coefficient (Wildman–Crippen LogP) is -0.512. The topological polar surface area (TPSA) is 185 Å². The molecule has 0 bridgehead atoms. The van der Waals surface area contributed by atoms with Crippen molar-refractivity contribution in [3.8, 4) is 5.75 Å². The Balaban J connectivity index is 2.88. The Kier molecular flexibility index (Phi) is 7.75. The summed E-state index contributed by atoms with van der Waals surface area (Å²) in [6.45, 7) is 3.42. The zero-order valence-electron chi connectivity index (χ0n) is 17.8. The highest BCUT2D eigenvalue weighted by atomic mass is 16.7. The van der Waals surface area contributed by atoms with Gasteiger partial charge in [-0.3, -0.25) is 24.0 Å². The molecule has 0 radical (unpaired) electrons. The van der Waals surface area contributed by atoms with Crippen molar-refractivity contribution >= 4 is 29.4 Å². The summed E-state index contributed by atoms with van der Waals surface area (Å²) in [5.74, 6) is -3.69. The molecule has 1 saturated heterocycles. The molecule has 1 aliphatic rings. The average Bonchev–Trinajstić information content (AvgIpc) is 2.71. The van der Waals surface area contributed by atoms with Crippen molar-refractivity contribution in [3.63, 3.8) is 0 Å². The van der Waals surface area contributed by atoms with Crippen molar-refractivity contribution in [2.45, 2.75) is 58.4 Å². The third kappa shape index (κ3) is 4.38. The lowest BCUT2D eigenvalue weighted by molar-refractivity contribution is -0.277. The first kappa shape index (κ1) is 25.4. The van der Waals surface area contributed by atoms with Crippen molar-refractivity contribution in [2.75, 3.05) is 6.61 Å². The minimum Gasteiger partial charge on any atom is -0.460 e. The lowest BCUT2D eigenvalue weighted by Crippen LogP contribution is -2.60. The summed E-state index contributed by atoms with van der Waals surface area (Å²) < 4.78 is 10.8.